The number of nitrogens with zero attached hydrogens (tertiary/aromatic N) is 2. The predicted octanol–water partition coefficient (Wildman–Crippen LogP) is 1.75. The number of anilines is 1. The number of hydroxylamine groups is 1. The molecule has 1 aromatic carbocycles. The lowest BCUT2D eigenvalue weighted by molar-refractivity contribution is -0.155. The number of fused-ring (bicyclic) bond motifs is 3. The van der Waals surface area contributed by atoms with E-state index in [1.54, 1.807) is 0 Å². The van der Waals surface area contributed by atoms with Gasteiger partial charge in [-0.05, 0) is 62.5 Å². The van der Waals surface area contributed by atoms with E-state index in [0.29, 0.717) is 5.92 Å². The number of hydrogen-bond acceptors (Lipinski definition) is 5. The Kier molecular flexibility index (Phi) is 2.76. The molecule has 2 bridgehead atoms. The van der Waals surface area contributed by atoms with Gasteiger partial charge >= 0.3 is 0 Å². The Hall–Kier alpha value is -1.59. The van der Waals surface area contributed by atoms with Crippen LogP contribution >= 0.6 is 0 Å². The van der Waals surface area contributed by atoms with Crippen LogP contribution in [0.3, 0.4) is 0 Å². The van der Waals surface area contributed by atoms with Crippen LogP contribution in [0.2, 0.25) is 0 Å². The summed E-state index contributed by atoms with van der Waals surface area (Å²) in [5.41, 5.74) is 6.59. The minimum absolute atomic E-state index is 0.347. The van der Waals surface area contributed by atoms with Gasteiger partial charge in [-0.3, -0.25) is 4.90 Å². The maximum atomic E-state index is 6.02. The third-order valence-corrected chi connectivity index (χ3v) is 5.62. The largest absolute Gasteiger partial charge is 0.385 e. The second kappa shape index (κ2) is 4.70. The van der Waals surface area contributed by atoms with Gasteiger partial charge < -0.3 is 5.32 Å². The van der Waals surface area contributed by atoms with E-state index < -0.39 is 0 Å². The van der Waals surface area contributed by atoms with Crippen molar-refractivity contribution in [3.05, 3.63) is 29.3 Å². The Bertz CT molecular complexity index is 636. The molecule has 0 radical (unpaired) electrons. The average Bonchev–Trinajstić information content (AvgIpc) is 2.99. The van der Waals surface area contributed by atoms with Crippen molar-refractivity contribution in [3.8, 4) is 0 Å². The molecule has 116 valence electrons. The Labute approximate surface area is 130 Å². The van der Waals surface area contributed by atoms with Gasteiger partial charge in [-0.1, -0.05) is 0 Å². The number of aryl methyl sites for hydroxylation is 1. The fraction of sp³-hybridized carbons (Fsp3) is 0.588. The van der Waals surface area contributed by atoms with Crippen molar-refractivity contribution in [2.24, 2.45) is 10.9 Å². The topological polar surface area (TPSA) is 48.9 Å². The third kappa shape index (κ3) is 1.88. The first-order valence-electron chi connectivity index (χ1n) is 8.46. The molecular formula is C17H22N4O. The fourth-order valence-electron chi connectivity index (χ4n) is 4.35. The Morgan fingerprint density at radius 1 is 1.27 bits per heavy atom. The molecule has 3 fully saturated rings. The molecule has 1 atom stereocenters. The van der Waals surface area contributed by atoms with Crippen LogP contribution in [0.25, 0.3) is 0 Å². The van der Waals surface area contributed by atoms with E-state index in [4.69, 9.17) is 9.83 Å². The van der Waals surface area contributed by atoms with E-state index in [-0.39, 0.29) is 5.72 Å². The number of amidine groups is 1. The smallest absolute Gasteiger partial charge is 0.202 e. The molecular weight excluding hydrogens is 276 g/mol. The van der Waals surface area contributed by atoms with Crippen molar-refractivity contribution in [2.45, 2.75) is 31.4 Å². The maximum absolute atomic E-state index is 6.02. The first-order chi connectivity index (χ1) is 10.8. The molecule has 1 unspecified atom stereocenters. The highest BCUT2D eigenvalue weighted by Gasteiger charge is 2.51. The number of hydrogen-bond donors (Lipinski definition) is 2. The summed E-state index contributed by atoms with van der Waals surface area (Å²) in [5.74, 6) is 1.46. The van der Waals surface area contributed by atoms with Crippen molar-refractivity contribution in [1.29, 1.82) is 0 Å². The van der Waals surface area contributed by atoms with Gasteiger partial charge in [0.1, 0.15) is 0 Å². The lowest BCUT2D eigenvalue weighted by Crippen LogP contribution is -2.58. The Morgan fingerprint density at radius 3 is 3.00 bits per heavy atom. The molecule has 3 saturated heterocycles. The summed E-state index contributed by atoms with van der Waals surface area (Å²) >= 11 is 0. The van der Waals surface area contributed by atoms with Crippen molar-refractivity contribution >= 4 is 11.5 Å². The lowest BCUT2D eigenvalue weighted by atomic mass is 9.81. The zero-order valence-corrected chi connectivity index (χ0v) is 12.8. The highest BCUT2D eigenvalue weighted by atomic mass is 16.7. The second-order valence-corrected chi connectivity index (χ2v) is 6.96. The predicted molar refractivity (Wildman–Crippen MR) is 85.9 cm³/mol. The minimum Gasteiger partial charge on any atom is -0.385 e. The van der Waals surface area contributed by atoms with E-state index in [2.05, 4.69) is 33.9 Å². The molecule has 0 aromatic heterocycles. The second-order valence-electron chi connectivity index (χ2n) is 6.96. The molecule has 5 nitrogen and oxygen atoms in total. The highest BCUT2D eigenvalue weighted by molar-refractivity contribution is 5.99. The summed E-state index contributed by atoms with van der Waals surface area (Å²) in [7, 11) is 0. The molecule has 0 saturated carbocycles. The monoisotopic (exact) mass is 298 g/mol. The van der Waals surface area contributed by atoms with Crippen molar-refractivity contribution in [3.63, 3.8) is 0 Å². The van der Waals surface area contributed by atoms with Gasteiger partial charge in [-0.25, -0.2) is 15.3 Å². The molecule has 0 aliphatic carbocycles. The Morgan fingerprint density at radius 2 is 2.18 bits per heavy atom. The minimum atomic E-state index is -0.347. The molecule has 0 amide bonds. The molecule has 5 heterocycles. The fourth-order valence-corrected chi connectivity index (χ4v) is 4.35. The van der Waals surface area contributed by atoms with Crippen LogP contribution in [0.15, 0.2) is 23.2 Å². The van der Waals surface area contributed by atoms with E-state index in [1.165, 1.54) is 43.6 Å². The first kappa shape index (κ1) is 12.9. The number of aliphatic imine (C=N–C) groups is 1. The molecule has 1 aromatic rings. The summed E-state index contributed by atoms with van der Waals surface area (Å²) in [6.07, 6.45) is 4.75. The quantitative estimate of drug-likeness (QED) is 0.829. The van der Waals surface area contributed by atoms with Gasteiger partial charge in [0.2, 0.25) is 5.72 Å². The van der Waals surface area contributed by atoms with Gasteiger partial charge in [0.05, 0.1) is 6.54 Å². The summed E-state index contributed by atoms with van der Waals surface area (Å²) < 4.78 is 0. The van der Waals surface area contributed by atoms with Crippen LogP contribution in [0.4, 0.5) is 5.69 Å². The number of benzene rings is 1. The summed E-state index contributed by atoms with van der Waals surface area (Å²) in [6, 6.07) is 6.58. The molecule has 5 heteroatoms. The van der Waals surface area contributed by atoms with Gasteiger partial charge in [0.25, 0.3) is 0 Å². The number of rotatable bonds is 1. The van der Waals surface area contributed by atoms with E-state index in [9.17, 15) is 0 Å². The van der Waals surface area contributed by atoms with E-state index in [0.717, 1.165) is 30.9 Å². The highest BCUT2D eigenvalue weighted by Crippen LogP contribution is 2.41. The summed E-state index contributed by atoms with van der Waals surface area (Å²) in [5, 5.41) is 3.46. The Balaban J connectivity index is 1.48. The molecule has 22 heavy (non-hydrogen) atoms. The average molecular weight is 298 g/mol. The molecule has 5 aliphatic heterocycles. The van der Waals surface area contributed by atoms with Crippen LogP contribution in [0, 0.1) is 5.92 Å². The van der Waals surface area contributed by atoms with E-state index >= 15 is 0 Å². The molecule has 5 aliphatic rings. The standard InChI is InChI=1S/C17H22N4O/c1-2-12-10-13(3-4-15(12)18-7-1)16-19-17(22-20-16)11-21-8-5-14(17)6-9-21/h3-4,10,14,18H,1-2,5-9,11H2,(H,19,20). The molecule has 2 N–H and O–H groups in total. The molecule has 1 spiro atoms. The normalized spacial score (nSPS) is 35.7. The van der Waals surface area contributed by atoms with Crippen molar-refractivity contribution < 1.29 is 4.84 Å². The van der Waals surface area contributed by atoms with Crippen LogP contribution < -0.4 is 10.8 Å². The van der Waals surface area contributed by atoms with Crippen LogP contribution in [0.1, 0.15) is 30.4 Å². The van der Waals surface area contributed by atoms with Gasteiger partial charge in [0, 0.05) is 23.7 Å². The van der Waals surface area contributed by atoms with E-state index in [1.807, 2.05) is 0 Å². The van der Waals surface area contributed by atoms with Gasteiger partial charge in [-0.2, -0.15) is 0 Å². The first-order valence-corrected chi connectivity index (χ1v) is 8.46. The van der Waals surface area contributed by atoms with Crippen molar-refractivity contribution in [2.75, 3.05) is 31.5 Å². The van der Waals surface area contributed by atoms with Crippen LogP contribution in [0.5, 0.6) is 0 Å². The zero-order chi connectivity index (χ0) is 14.6. The summed E-state index contributed by atoms with van der Waals surface area (Å²) in [4.78, 5) is 13.5. The van der Waals surface area contributed by atoms with Gasteiger partial charge in [-0.15, -0.1) is 0 Å². The maximum Gasteiger partial charge on any atom is 0.202 e. The van der Waals surface area contributed by atoms with Crippen LogP contribution in [-0.4, -0.2) is 42.6 Å². The number of piperidine rings is 3. The zero-order valence-electron chi connectivity index (χ0n) is 12.8. The molecule has 6 rings (SSSR count). The number of nitrogens with one attached hydrogen (secondary N) is 2. The summed E-state index contributed by atoms with van der Waals surface area (Å²) in [6.45, 7) is 4.41. The SMILES string of the molecule is c1cc2c(cc1C1=NC3(CN4CCC3CC4)ON1)CCCN2. The van der Waals surface area contributed by atoms with Crippen molar-refractivity contribution in [1.82, 2.24) is 10.4 Å². The van der Waals surface area contributed by atoms with Crippen LogP contribution in [-0.2, 0) is 11.3 Å². The van der Waals surface area contributed by atoms with Gasteiger partial charge in [0.15, 0.2) is 5.84 Å². The third-order valence-electron chi connectivity index (χ3n) is 5.62. The lowest BCUT2D eigenvalue weighted by Gasteiger charge is -2.47.